The normalized spacial score (nSPS) is 13.2. The molecule has 0 radical (unpaired) electrons. The van der Waals surface area contributed by atoms with Crippen LogP contribution >= 0.6 is 15.9 Å². The van der Waals surface area contributed by atoms with Gasteiger partial charge < -0.3 is 14.8 Å². The summed E-state index contributed by atoms with van der Waals surface area (Å²) in [5, 5.41) is 12.6. The lowest BCUT2D eigenvalue weighted by Crippen LogP contribution is -2.13. The van der Waals surface area contributed by atoms with Gasteiger partial charge in [0.25, 0.3) is 0 Å². The number of anilines is 1. The van der Waals surface area contributed by atoms with E-state index >= 15 is 0 Å². The zero-order chi connectivity index (χ0) is 14.8. The quantitative estimate of drug-likeness (QED) is 0.869. The molecule has 1 aromatic carbocycles. The van der Waals surface area contributed by atoms with Crippen molar-refractivity contribution in [2.45, 2.75) is 12.3 Å². The van der Waals surface area contributed by atoms with E-state index < -0.39 is 17.8 Å². The first-order valence-electron chi connectivity index (χ1n) is 5.70. The summed E-state index contributed by atoms with van der Waals surface area (Å²) in [6.45, 7) is 0.0351. The van der Waals surface area contributed by atoms with Gasteiger partial charge in [-0.05, 0) is 46.3 Å². The standard InChI is InChI=1S/C13H11BrF3NO2/c14-9-4-3-8(13(15,16)17)6-10(9)18-7-11(19)12-2-1-5-20-12/h1-6,11,18-19H,7H2. The summed E-state index contributed by atoms with van der Waals surface area (Å²) in [6, 6.07) is 6.49. The number of rotatable bonds is 4. The van der Waals surface area contributed by atoms with Crippen LogP contribution in [0.25, 0.3) is 0 Å². The van der Waals surface area contributed by atoms with E-state index in [0.29, 0.717) is 10.2 Å². The molecule has 1 atom stereocenters. The Bertz CT molecular complexity index is 569. The number of furan rings is 1. The fraction of sp³-hybridized carbons (Fsp3) is 0.231. The lowest BCUT2D eigenvalue weighted by molar-refractivity contribution is -0.137. The summed E-state index contributed by atoms with van der Waals surface area (Å²) >= 11 is 3.16. The van der Waals surface area contributed by atoms with Gasteiger partial charge in [0, 0.05) is 16.7 Å². The predicted molar refractivity (Wildman–Crippen MR) is 71.3 cm³/mol. The number of halogens is 4. The summed E-state index contributed by atoms with van der Waals surface area (Å²) in [7, 11) is 0. The number of aliphatic hydroxyl groups excluding tert-OH is 1. The predicted octanol–water partition coefficient (Wildman–Crippen LogP) is 4.21. The molecule has 0 fully saturated rings. The van der Waals surface area contributed by atoms with Crippen LogP contribution in [-0.2, 0) is 6.18 Å². The number of aliphatic hydroxyl groups is 1. The summed E-state index contributed by atoms with van der Waals surface area (Å²) in [5.41, 5.74) is -0.499. The Morgan fingerprint density at radius 2 is 2.05 bits per heavy atom. The van der Waals surface area contributed by atoms with Crippen LogP contribution in [0.1, 0.15) is 17.4 Å². The van der Waals surface area contributed by atoms with Gasteiger partial charge in [-0.25, -0.2) is 0 Å². The second kappa shape index (κ2) is 5.88. The molecule has 108 valence electrons. The Balaban J connectivity index is 2.09. The van der Waals surface area contributed by atoms with Crippen molar-refractivity contribution in [2.75, 3.05) is 11.9 Å². The van der Waals surface area contributed by atoms with E-state index in [4.69, 9.17) is 4.42 Å². The summed E-state index contributed by atoms with van der Waals surface area (Å²) in [5.74, 6) is 0.348. The smallest absolute Gasteiger partial charge is 0.416 e. The van der Waals surface area contributed by atoms with Crippen LogP contribution in [0.4, 0.5) is 18.9 Å². The molecule has 2 rings (SSSR count). The number of nitrogens with one attached hydrogen (secondary N) is 1. The van der Waals surface area contributed by atoms with Gasteiger partial charge in [-0.1, -0.05) is 0 Å². The minimum absolute atomic E-state index is 0.0351. The van der Waals surface area contributed by atoms with Crippen LogP contribution in [-0.4, -0.2) is 11.7 Å². The van der Waals surface area contributed by atoms with Crippen LogP contribution in [0.5, 0.6) is 0 Å². The van der Waals surface area contributed by atoms with Crippen molar-refractivity contribution in [3.05, 3.63) is 52.4 Å². The van der Waals surface area contributed by atoms with Crippen LogP contribution in [0.2, 0.25) is 0 Å². The number of benzene rings is 1. The SMILES string of the molecule is OC(CNc1cc(C(F)(F)F)ccc1Br)c1ccco1. The molecule has 0 spiro atoms. The molecule has 0 bridgehead atoms. The molecule has 1 unspecified atom stereocenters. The van der Waals surface area contributed by atoms with Crippen molar-refractivity contribution < 1.29 is 22.7 Å². The topological polar surface area (TPSA) is 45.4 Å². The van der Waals surface area contributed by atoms with Gasteiger partial charge in [-0.2, -0.15) is 13.2 Å². The molecule has 20 heavy (non-hydrogen) atoms. The minimum atomic E-state index is -4.41. The highest BCUT2D eigenvalue weighted by Crippen LogP contribution is 2.34. The molecular formula is C13H11BrF3NO2. The van der Waals surface area contributed by atoms with E-state index in [1.165, 1.54) is 12.3 Å². The highest BCUT2D eigenvalue weighted by molar-refractivity contribution is 9.10. The highest BCUT2D eigenvalue weighted by Gasteiger charge is 2.30. The van der Waals surface area contributed by atoms with Crippen molar-refractivity contribution in [3.8, 4) is 0 Å². The zero-order valence-electron chi connectivity index (χ0n) is 10.1. The van der Waals surface area contributed by atoms with Gasteiger partial charge in [-0.15, -0.1) is 0 Å². The summed E-state index contributed by atoms with van der Waals surface area (Å²) in [6.07, 6.45) is -3.93. The number of alkyl halides is 3. The number of hydrogen-bond acceptors (Lipinski definition) is 3. The first-order chi connectivity index (χ1) is 9.38. The minimum Gasteiger partial charge on any atom is -0.467 e. The van der Waals surface area contributed by atoms with Crippen molar-refractivity contribution in [1.29, 1.82) is 0 Å². The van der Waals surface area contributed by atoms with Gasteiger partial charge in [-0.3, -0.25) is 0 Å². The monoisotopic (exact) mass is 349 g/mol. The molecule has 2 aromatic rings. The Morgan fingerprint density at radius 3 is 2.65 bits per heavy atom. The maximum Gasteiger partial charge on any atom is 0.416 e. The number of hydrogen-bond donors (Lipinski definition) is 2. The van der Waals surface area contributed by atoms with E-state index in [2.05, 4.69) is 21.2 Å². The molecule has 1 heterocycles. The molecule has 1 aromatic heterocycles. The Morgan fingerprint density at radius 1 is 1.30 bits per heavy atom. The van der Waals surface area contributed by atoms with Gasteiger partial charge in [0.05, 0.1) is 11.8 Å². The second-order valence-electron chi connectivity index (χ2n) is 4.10. The molecule has 0 saturated heterocycles. The lowest BCUT2D eigenvalue weighted by atomic mass is 10.2. The Kier molecular flexibility index (Phi) is 4.39. The Hall–Kier alpha value is -1.47. The van der Waals surface area contributed by atoms with E-state index in [1.54, 1.807) is 12.1 Å². The zero-order valence-corrected chi connectivity index (χ0v) is 11.7. The Labute approximate surface area is 121 Å². The third-order valence-electron chi connectivity index (χ3n) is 2.65. The largest absolute Gasteiger partial charge is 0.467 e. The highest BCUT2D eigenvalue weighted by atomic mass is 79.9. The van der Waals surface area contributed by atoms with Crippen LogP contribution in [0.15, 0.2) is 45.5 Å². The van der Waals surface area contributed by atoms with E-state index in [9.17, 15) is 18.3 Å². The summed E-state index contributed by atoms with van der Waals surface area (Å²) < 4.78 is 43.3. The molecule has 0 aliphatic carbocycles. The van der Waals surface area contributed by atoms with E-state index in [0.717, 1.165) is 12.1 Å². The molecule has 3 nitrogen and oxygen atoms in total. The van der Waals surface area contributed by atoms with Gasteiger partial charge >= 0.3 is 6.18 Å². The fourth-order valence-electron chi connectivity index (χ4n) is 1.63. The first kappa shape index (κ1) is 14.9. The molecule has 7 heteroatoms. The molecule has 0 amide bonds. The van der Waals surface area contributed by atoms with Gasteiger partial charge in [0.1, 0.15) is 11.9 Å². The maximum absolute atomic E-state index is 12.6. The molecule has 0 aliphatic heterocycles. The average molecular weight is 350 g/mol. The summed E-state index contributed by atoms with van der Waals surface area (Å²) in [4.78, 5) is 0. The van der Waals surface area contributed by atoms with Crippen LogP contribution in [0.3, 0.4) is 0 Å². The third-order valence-corrected chi connectivity index (χ3v) is 3.34. The second-order valence-corrected chi connectivity index (χ2v) is 4.96. The third kappa shape index (κ3) is 3.55. The van der Waals surface area contributed by atoms with Crippen molar-refractivity contribution in [2.24, 2.45) is 0 Å². The maximum atomic E-state index is 12.6. The molecule has 2 N–H and O–H groups in total. The van der Waals surface area contributed by atoms with E-state index in [-0.39, 0.29) is 12.2 Å². The van der Waals surface area contributed by atoms with Crippen LogP contribution < -0.4 is 5.32 Å². The fourth-order valence-corrected chi connectivity index (χ4v) is 2.01. The van der Waals surface area contributed by atoms with Crippen molar-refractivity contribution >= 4 is 21.6 Å². The van der Waals surface area contributed by atoms with E-state index in [1.807, 2.05) is 0 Å². The molecule has 0 saturated carbocycles. The van der Waals surface area contributed by atoms with Gasteiger partial charge in [0.15, 0.2) is 0 Å². The average Bonchev–Trinajstić information content (AvgIpc) is 2.90. The molecular weight excluding hydrogens is 339 g/mol. The van der Waals surface area contributed by atoms with Gasteiger partial charge in [0.2, 0.25) is 0 Å². The van der Waals surface area contributed by atoms with Crippen molar-refractivity contribution in [3.63, 3.8) is 0 Å². The first-order valence-corrected chi connectivity index (χ1v) is 6.49. The molecule has 0 aliphatic rings. The lowest BCUT2D eigenvalue weighted by Gasteiger charge is -2.14. The van der Waals surface area contributed by atoms with Crippen LogP contribution in [0, 0.1) is 0 Å². The van der Waals surface area contributed by atoms with Crippen molar-refractivity contribution in [1.82, 2.24) is 0 Å².